The molecule has 4 nitrogen and oxygen atoms in total. The second kappa shape index (κ2) is 7.08. The summed E-state index contributed by atoms with van der Waals surface area (Å²) in [7, 11) is 0. The number of nitrogens with one attached hydrogen (secondary N) is 1. The predicted octanol–water partition coefficient (Wildman–Crippen LogP) is 2.31. The highest BCUT2D eigenvalue weighted by Crippen LogP contribution is 2.35. The number of likely N-dealkylation sites (tertiary alicyclic amines) is 1. The van der Waals surface area contributed by atoms with Gasteiger partial charge < -0.3 is 10.2 Å². The van der Waals surface area contributed by atoms with Gasteiger partial charge in [0.1, 0.15) is 5.41 Å². The number of carbonyl (C=O) groups is 1. The van der Waals surface area contributed by atoms with Gasteiger partial charge in [-0.05, 0) is 44.7 Å². The molecule has 1 N–H and O–H groups in total. The molecule has 0 spiro atoms. The van der Waals surface area contributed by atoms with Gasteiger partial charge in [0.05, 0.1) is 6.07 Å². The summed E-state index contributed by atoms with van der Waals surface area (Å²) in [6.07, 6.45) is 7.15. The summed E-state index contributed by atoms with van der Waals surface area (Å²) in [5.41, 5.74) is -0.741. The van der Waals surface area contributed by atoms with Gasteiger partial charge in [0, 0.05) is 13.1 Å². The molecular weight excluding hydrogens is 250 g/mol. The second-order valence-corrected chi connectivity index (χ2v) is 6.53. The third kappa shape index (κ3) is 3.73. The van der Waals surface area contributed by atoms with E-state index >= 15 is 0 Å². The molecule has 20 heavy (non-hydrogen) atoms. The van der Waals surface area contributed by atoms with Gasteiger partial charge in [-0.15, -0.1) is 0 Å². The summed E-state index contributed by atoms with van der Waals surface area (Å²) in [5, 5.41) is 12.4. The lowest BCUT2D eigenvalue weighted by atomic mass is 9.74. The van der Waals surface area contributed by atoms with Crippen molar-refractivity contribution in [1.82, 2.24) is 10.2 Å². The van der Waals surface area contributed by atoms with E-state index in [0.717, 1.165) is 57.7 Å². The fraction of sp³-hybridized carbons (Fsp3) is 0.875. The van der Waals surface area contributed by atoms with E-state index in [9.17, 15) is 10.1 Å². The lowest BCUT2D eigenvalue weighted by Gasteiger charge is -2.32. The first kappa shape index (κ1) is 15.3. The van der Waals surface area contributed by atoms with Crippen LogP contribution in [0.4, 0.5) is 0 Å². The van der Waals surface area contributed by atoms with Crippen molar-refractivity contribution in [2.75, 3.05) is 26.2 Å². The summed E-state index contributed by atoms with van der Waals surface area (Å²) in [4.78, 5) is 14.7. The normalized spacial score (nSPS) is 24.0. The lowest BCUT2D eigenvalue weighted by molar-refractivity contribution is -0.129. The van der Waals surface area contributed by atoms with Crippen LogP contribution < -0.4 is 5.32 Å². The van der Waals surface area contributed by atoms with Crippen molar-refractivity contribution in [2.24, 2.45) is 11.3 Å². The molecule has 2 aliphatic rings. The predicted molar refractivity (Wildman–Crippen MR) is 79.0 cm³/mol. The Hall–Kier alpha value is -1.08. The summed E-state index contributed by atoms with van der Waals surface area (Å²) in [6, 6.07) is 2.29. The summed E-state index contributed by atoms with van der Waals surface area (Å²) in [5.74, 6) is 0.801. The van der Waals surface area contributed by atoms with E-state index in [1.54, 1.807) is 0 Å². The highest BCUT2D eigenvalue weighted by atomic mass is 16.2. The molecule has 1 saturated carbocycles. The molecule has 2 rings (SSSR count). The maximum absolute atomic E-state index is 12.3. The molecule has 112 valence electrons. The number of rotatable bonds is 4. The first-order valence-electron chi connectivity index (χ1n) is 8.08. The zero-order valence-electron chi connectivity index (χ0n) is 12.7. The Morgan fingerprint density at radius 2 is 1.95 bits per heavy atom. The second-order valence-electron chi connectivity index (χ2n) is 6.53. The molecule has 0 bridgehead atoms. The topological polar surface area (TPSA) is 56.1 Å². The standard InChI is InChI=1S/C16H27N3O/c1-14-5-10-19(11-6-14)12-9-18-15(20)16(13-17)7-3-2-4-8-16/h14H,2-12H2,1H3,(H,18,20). The van der Waals surface area contributed by atoms with Crippen molar-refractivity contribution in [3.8, 4) is 6.07 Å². The van der Waals surface area contributed by atoms with Crippen molar-refractivity contribution in [3.63, 3.8) is 0 Å². The van der Waals surface area contributed by atoms with E-state index in [0.29, 0.717) is 6.54 Å². The van der Waals surface area contributed by atoms with Crippen LogP contribution in [0, 0.1) is 22.7 Å². The summed E-state index contributed by atoms with van der Waals surface area (Å²) in [6.45, 7) is 6.18. The SMILES string of the molecule is CC1CCN(CCNC(=O)C2(C#N)CCCCC2)CC1. The van der Waals surface area contributed by atoms with Crippen LogP contribution in [0.1, 0.15) is 51.9 Å². The monoisotopic (exact) mass is 277 g/mol. The fourth-order valence-electron chi connectivity index (χ4n) is 3.33. The van der Waals surface area contributed by atoms with Crippen LogP contribution in [0.5, 0.6) is 0 Å². The molecule has 1 heterocycles. The zero-order chi connectivity index (χ0) is 14.4. The molecule has 1 aliphatic heterocycles. The quantitative estimate of drug-likeness (QED) is 0.858. The minimum Gasteiger partial charge on any atom is -0.353 e. The third-order valence-corrected chi connectivity index (χ3v) is 4.95. The van der Waals surface area contributed by atoms with E-state index in [2.05, 4.69) is 23.2 Å². The van der Waals surface area contributed by atoms with Gasteiger partial charge in [0.25, 0.3) is 0 Å². The first-order chi connectivity index (χ1) is 9.66. The van der Waals surface area contributed by atoms with Gasteiger partial charge in [-0.3, -0.25) is 4.79 Å². The van der Waals surface area contributed by atoms with Gasteiger partial charge in [-0.25, -0.2) is 0 Å². The molecule has 1 aliphatic carbocycles. The number of carbonyl (C=O) groups excluding carboxylic acids is 1. The van der Waals surface area contributed by atoms with Gasteiger partial charge in [0.15, 0.2) is 0 Å². The highest BCUT2D eigenvalue weighted by molar-refractivity contribution is 5.85. The van der Waals surface area contributed by atoms with E-state index < -0.39 is 5.41 Å². The van der Waals surface area contributed by atoms with E-state index in [-0.39, 0.29) is 5.91 Å². The van der Waals surface area contributed by atoms with E-state index in [1.165, 1.54) is 12.8 Å². The first-order valence-corrected chi connectivity index (χ1v) is 8.08. The smallest absolute Gasteiger partial charge is 0.240 e. The number of nitriles is 1. The van der Waals surface area contributed by atoms with Crippen LogP contribution in [0.3, 0.4) is 0 Å². The van der Waals surface area contributed by atoms with Crippen LogP contribution in [0.15, 0.2) is 0 Å². The van der Waals surface area contributed by atoms with Crippen molar-refractivity contribution in [2.45, 2.75) is 51.9 Å². The van der Waals surface area contributed by atoms with E-state index in [4.69, 9.17) is 0 Å². The molecule has 2 fully saturated rings. The Kier molecular flexibility index (Phi) is 5.42. The Balaban J connectivity index is 1.73. The van der Waals surface area contributed by atoms with Gasteiger partial charge in [-0.2, -0.15) is 5.26 Å². The molecule has 1 saturated heterocycles. The summed E-state index contributed by atoms with van der Waals surface area (Å²) < 4.78 is 0. The van der Waals surface area contributed by atoms with Crippen LogP contribution in [-0.2, 0) is 4.79 Å². The average Bonchev–Trinajstić information content (AvgIpc) is 2.50. The largest absolute Gasteiger partial charge is 0.353 e. The Labute approximate surface area is 122 Å². The fourth-order valence-corrected chi connectivity index (χ4v) is 3.33. The van der Waals surface area contributed by atoms with Gasteiger partial charge in [0.2, 0.25) is 5.91 Å². The molecule has 4 heteroatoms. The lowest BCUT2D eigenvalue weighted by Crippen LogP contribution is -2.45. The Bertz CT molecular complexity index is 360. The van der Waals surface area contributed by atoms with Crippen molar-refractivity contribution in [3.05, 3.63) is 0 Å². The van der Waals surface area contributed by atoms with E-state index in [1.807, 2.05) is 0 Å². The summed E-state index contributed by atoms with van der Waals surface area (Å²) >= 11 is 0. The van der Waals surface area contributed by atoms with Crippen LogP contribution in [0.2, 0.25) is 0 Å². The maximum Gasteiger partial charge on any atom is 0.240 e. The molecule has 0 radical (unpaired) electrons. The van der Waals surface area contributed by atoms with Crippen LogP contribution in [0.25, 0.3) is 0 Å². The molecule has 0 aromatic carbocycles. The third-order valence-electron chi connectivity index (χ3n) is 4.95. The van der Waals surface area contributed by atoms with Crippen molar-refractivity contribution in [1.29, 1.82) is 5.26 Å². The number of nitrogens with zero attached hydrogens (tertiary/aromatic N) is 2. The van der Waals surface area contributed by atoms with Gasteiger partial charge in [-0.1, -0.05) is 26.2 Å². The minimum atomic E-state index is -0.741. The van der Waals surface area contributed by atoms with Crippen LogP contribution in [-0.4, -0.2) is 37.0 Å². The number of hydrogen-bond donors (Lipinski definition) is 1. The molecule has 0 aromatic heterocycles. The molecule has 1 amide bonds. The zero-order valence-corrected chi connectivity index (χ0v) is 12.7. The van der Waals surface area contributed by atoms with Gasteiger partial charge >= 0.3 is 0 Å². The van der Waals surface area contributed by atoms with Crippen LogP contribution >= 0.6 is 0 Å². The minimum absolute atomic E-state index is 0.0370. The Morgan fingerprint density at radius 3 is 2.55 bits per heavy atom. The number of amides is 1. The Morgan fingerprint density at radius 1 is 1.30 bits per heavy atom. The van der Waals surface area contributed by atoms with Crippen molar-refractivity contribution < 1.29 is 4.79 Å². The van der Waals surface area contributed by atoms with Crippen molar-refractivity contribution >= 4 is 5.91 Å². The highest BCUT2D eigenvalue weighted by Gasteiger charge is 2.39. The number of piperidine rings is 1. The molecule has 0 aromatic rings. The number of hydrogen-bond acceptors (Lipinski definition) is 3. The average molecular weight is 277 g/mol. The molecular formula is C16H27N3O. The molecule has 0 unspecified atom stereocenters. The maximum atomic E-state index is 12.3. The molecule has 0 atom stereocenters.